The van der Waals surface area contributed by atoms with Crippen molar-refractivity contribution in [1.82, 2.24) is 0 Å². The number of carbonyl (C=O) groups excluding carboxylic acids is 1. The van der Waals surface area contributed by atoms with E-state index in [2.05, 4.69) is 6.07 Å². The first kappa shape index (κ1) is 21.2. The number of rotatable bonds is 5. The van der Waals surface area contributed by atoms with Gasteiger partial charge in [-0.15, -0.1) is 0 Å². The molecule has 3 aromatic rings. The number of methoxy groups -OCH3 is 2. The minimum Gasteiger partial charge on any atom is -0.493 e. The van der Waals surface area contributed by atoms with Crippen molar-refractivity contribution in [3.05, 3.63) is 89.0 Å². The van der Waals surface area contributed by atoms with E-state index in [1.165, 1.54) is 38.6 Å². The third kappa shape index (κ3) is 3.49. The van der Waals surface area contributed by atoms with E-state index in [0.29, 0.717) is 28.4 Å². The SMILES string of the molecule is COc1ccc(C(=O)C2=CN(c3cccc(C#N)c3)c3ccccc3S2(=O)=O)cc1OC. The number of anilines is 2. The molecule has 0 spiro atoms. The number of ether oxygens (including phenoxy) is 2. The van der Waals surface area contributed by atoms with Gasteiger partial charge in [0.25, 0.3) is 0 Å². The number of hydrogen-bond acceptors (Lipinski definition) is 7. The summed E-state index contributed by atoms with van der Waals surface area (Å²) in [6.45, 7) is 0. The Morgan fingerprint density at radius 1 is 0.938 bits per heavy atom. The molecular formula is C24H18N2O5S. The molecule has 1 aliphatic heterocycles. The lowest BCUT2D eigenvalue weighted by atomic mass is 10.1. The topological polar surface area (TPSA) is 96.7 Å². The van der Waals surface area contributed by atoms with E-state index >= 15 is 0 Å². The van der Waals surface area contributed by atoms with Crippen LogP contribution in [-0.4, -0.2) is 28.4 Å². The molecule has 7 nitrogen and oxygen atoms in total. The number of nitrogens with zero attached hydrogens (tertiary/aromatic N) is 2. The summed E-state index contributed by atoms with van der Waals surface area (Å²) in [6.07, 6.45) is 1.30. The van der Waals surface area contributed by atoms with Gasteiger partial charge in [0.2, 0.25) is 15.6 Å². The van der Waals surface area contributed by atoms with E-state index in [1.807, 2.05) is 0 Å². The van der Waals surface area contributed by atoms with Gasteiger partial charge in [-0.2, -0.15) is 5.26 Å². The number of ketones is 1. The Balaban J connectivity index is 1.90. The third-order valence-corrected chi connectivity index (χ3v) is 6.87. The second-order valence-corrected chi connectivity index (χ2v) is 8.78. The summed E-state index contributed by atoms with van der Waals surface area (Å²) in [5.41, 5.74) is 1.51. The van der Waals surface area contributed by atoms with Gasteiger partial charge in [0.15, 0.2) is 11.5 Å². The van der Waals surface area contributed by atoms with E-state index in [-0.39, 0.29) is 15.4 Å². The van der Waals surface area contributed by atoms with Crippen LogP contribution in [0, 0.1) is 11.3 Å². The molecule has 0 saturated heterocycles. The van der Waals surface area contributed by atoms with Crippen molar-refractivity contribution < 1.29 is 22.7 Å². The minimum absolute atomic E-state index is 0.00804. The highest BCUT2D eigenvalue weighted by atomic mass is 32.2. The number of fused-ring (bicyclic) bond motifs is 1. The van der Waals surface area contributed by atoms with Crippen LogP contribution < -0.4 is 14.4 Å². The van der Waals surface area contributed by atoms with Crippen molar-refractivity contribution in [1.29, 1.82) is 5.26 Å². The molecule has 0 unspecified atom stereocenters. The van der Waals surface area contributed by atoms with Crippen molar-refractivity contribution in [2.24, 2.45) is 0 Å². The van der Waals surface area contributed by atoms with Crippen LogP contribution in [0.3, 0.4) is 0 Å². The fourth-order valence-electron chi connectivity index (χ4n) is 3.50. The quantitative estimate of drug-likeness (QED) is 0.541. The molecule has 1 heterocycles. The highest BCUT2D eigenvalue weighted by Crippen LogP contribution is 2.41. The Kier molecular flexibility index (Phi) is 5.43. The minimum atomic E-state index is -4.09. The van der Waals surface area contributed by atoms with Crippen LogP contribution in [-0.2, 0) is 9.84 Å². The number of para-hydroxylation sites is 1. The van der Waals surface area contributed by atoms with Gasteiger partial charge in [-0.3, -0.25) is 4.79 Å². The molecule has 0 amide bonds. The van der Waals surface area contributed by atoms with Crippen molar-refractivity contribution >= 4 is 27.0 Å². The molecule has 160 valence electrons. The van der Waals surface area contributed by atoms with E-state index in [0.717, 1.165) is 0 Å². The molecular weight excluding hydrogens is 428 g/mol. The second-order valence-electron chi connectivity index (χ2n) is 6.90. The molecule has 4 rings (SSSR count). The summed E-state index contributed by atoms with van der Waals surface area (Å²) >= 11 is 0. The maximum absolute atomic E-state index is 13.4. The van der Waals surface area contributed by atoms with Gasteiger partial charge in [0, 0.05) is 17.5 Å². The Morgan fingerprint density at radius 2 is 1.69 bits per heavy atom. The monoisotopic (exact) mass is 446 g/mol. The number of Topliss-reactive ketones (excluding diaryl/α,β-unsaturated/α-hetero) is 1. The van der Waals surface area contributed by atoms with Crippen molar-refractivity contribution in [3.8, 4) is 17.6 Å². The number of carbonyl (C=O) groups is 1. The van der Waals surface area contributed by atoms with Crippen LogP contribution >= 0.6 is 0 Å². The van der Waals surface area contributed by atoms with E-state index in [4.69, 9.17) is 9.47 Å². The predicted octanol–water partition coefficient (Wildman–Crippen LogP) is 4.23. The van der Waals surface area contributed by atoms with Crippen LogP contribution in [0.25, 0.3) is 0 Å². The average molecular weight is 446 g/mol. The van der Waals surface area contributed by atoms with Gasteiger partial charge >= 0.3 is 0 Å². The number of sulfone groups is 1. The summed E-state index contributed by atoms with van der Waals surface area (Å²) in [5, 5.41) is 9.26. The molecule has 0 aliphatic carbocycles. The first-order valence-electron chi connectivity index (χ1n) is 9.52. The summed E-state index contributed by atoms with van der Waals surface area (Å²) in [5.74, 6) is 0.0536. The van der Waals surface area contributed by atoms with Gasteiger partial charge in [0.05, 0.1) is 36.4 Å². The first-order chi connectivity index (χ1) is 15.4. The van der Waals surface area contributed by atoms with E-state index in [1.54, 1.807) is 53.4 Å². The Hall–Kier alpha value is -4.09. The van der Waals surface area contributed by atoms with E-state index in [9.17, 15) is 18.5 Å². The number of benzene rings is 3. The number of nitriles is 1. The zero-order valence-electron chi connectivity index (χ0n) is 17.3. The summed E-state index contributed by atoms with van der Waals surface area (Å²) in [6, 6.07) is 19.7. The molecule has 8 heteroatoms. The second kappa shape index (κ2) is 8.21. The lowest BCUT2D eigenvalue weighted by molar-refractivity contribution is 0.104. The maximum Gasteiger partial charge on any atom is 0.214 e. The van der Waals surface area contributed by atoms with Crippen molar-refractivity contribution in [2.75, 3.05) is 19.1 Å². The molecule has 32 heavy (non-hydrogen) atoms. The van der Waals surface area contributed by atoms with Crippen LogP contribution in [0.15, 0.2) is 82.7 Å². The maximum atomic E-state index is 13.4. The van der Waals surface area contributed by atoms with Crippen molar-refractivity contribution in [3.63, 3.8) is 0 Å². The molecule has 0 N–H and O–H groups in total. The third-order valence-electron chi connectivity index (χ3n) is 5.07. The predicted molar refractivity (Wildman–Crippen MR) is 119 cm³/mol. The largest absolute Gasteiger partial charge is 0.493 e. The Bertz CT molecular complexity index is 1400. The van der Waals surface area contributed by atoms with Crippen LogP contribution in [0.5, 0.6) is 11.5 Å². The number of hydrogen-bond donors (Lipinski definition) is 0. The summed E-state index contributed by atoms with van der Waals surface area (Å²) in [7, 11) is -1.19. The lowest BCUT2D eigenvalue weighted by Crippen LogP contribution is -2.25. The van der Waals surface area contributed by atoms with Gasteiger partial charge in [-0.1, -0.05) is 18.2 Å². The highest BCUT2D eigenvalue weighted by molar-refractivity contribution is 7.96. The molecule has 0 radical (unpaired) electrons. The molecule has 0 atom stereocenters. The molecule has 0 bridgehead atoms. The first-order valence-corrected chi connectivity index (χ1v) is 11.0. The van der Waals surface area contributed by atoms with Gasteiger partial charge in [0.1, 0.15) is 4.91 Å². The molecule has 0 fully saturated rings. The zero-order chi connectivity index (χ0) is 22.9. The highest BCUT2D eigenvalue weighted by Gasteiger charge is 2.36. The Morgan fingerprint density at radius 3 is 2.41 bits per heavy atom. The normalized spacial score (nSPS) is 14.0. The van der Waals surface area contributed by atoms with Crippen LogP contribution in [0.1, 0.15) is 15.9 Å². The van der Waals surface area contributed by atoms with Crippen molar-refractivity contribution in [2.45, 2.75) is 4.90 Å². The molecule has 1 aliphatic rings. The van der Waals surface area contributed by atoms with E-state index < -0.39 is 15.6 Å². The fourth-order valence-corrected chi connectivity index (χ4v) is 5.04. The molecule has 0 aromatic heterocycles. The van der Waals surface area contributed by atoms with Gasteiger partial charge in [-0.05, 0) is 48.5 Å². The standard InChI is InChI=1S/C24H18N2O5S/c1-30-20-11-10-17(13-21(20)31-2)24(27)23-15-26(18-7-5-6-16(12-18)14-25)19-8-3-4-9-22(19)32(23,28)29/h3-13,15H,1-2H3. The van der Waals surface area contributed by atoms with Gasteiger partial charge in [-0.25, -0.2) is 8.42 Å². The average Bonchev–Trinajstić information content (AvgIpc) is 2.83. The summed E-state index contributed by atoms with van der Waals surface area (Å²) < 4.78 is 37.2. The van der Waals surface area contributed by atoms with Crippen LogP contribution in [0.4, 0.5) is 11.4 Å². The molecule has 0 saturated carbocycles. The lowest BCUT2D eigenvalue weighted by Gasteiger charge is -2.29. The summed E-state index contributed by atoms with van der Waals surface area (Å²) in [4.78, 5) is 14.6. The molecule has 3 aromatic carbocycles. The number of allylic oxidation sites excluding steroid dienone is 1. The van der Waals surface area contributed by atoms with Gasteiger partial charge < -0.3 is 14.4 Å². The smallest absolute Gasteiger partial charge is 0.214 e. The zero-order valence-corrected chi connectivity index (χ0v) is 18.1. The Labute approximate surface area is 185 Å². The van der Waals surface area contributed by atoms with Crippen LogP contribution in [0.2, 0.25) is 0 Å². The fraction of sp³-hybridized carbons (Fsp3) is 0.0833.